The Bertz CT molecular complexity index is 715. The van der Waals surface area contributed by atoms with E-state index < -0.39 is 49.4 Å². The van der Waals surface area contributed by atoms with E-state index in [2.05, 4.69) is 49.5 Å². The lowest BCUT2D eigenvalue weighted by Crippen LogP contribution is -2.58. The zero-order valence-corrected chi connectivity index (χ0v) is 23.2. The number of unbranched alkanes of at least 4 members (excludes halogenated alkanes) is 4. The molecule has 0 aliphatic carbocycles. The topological polar surface area (TPSA) is 126 Å². The van der Waals surface area contributed by atoms with Crippen LogP contribution in [0.5, 0.6) is 0 Å². The summed E-state index contributed by atoms with van der Waals surface area (Å²) < 4.78 is 16.2. The Morgan fingerprint density at radius 1 is 0.816 bits per heavy atom. The molecule has 8 nitrogen and oxygen atoms in total. The van der Waals surface area contributed by atoms with Crippen LogP contribution in [0, 0.1) is 0 Å². The van der Waals surface area contributed by atoms with Gasteiger partial charge in [-0.15, -0.1) is 0 Å². The molecule has 0 radical (unpaired) electrons. The highest BCUT2D eigenvalue weighted by Crippen LogP contribution is 2.24. The van der Waals surface area contributed by atoms with Gasteiger partial charge in [0, 0.05) is 6.42 Å². The molecule has 0 aromatic heterocycles. The van der Waals surface area contributed by atoms with Crippen molar-refractivity contribution < 1.29 is 39.4 Å². The Hall–Kier alpha value is -1.81. The monoisotopic (exact) mass is 538 g/mol. The number of ether oxygens (including phenoxy) is 3. The molecule has 1 rings (SSSR count). The Balaban J connectivity index is 2.14. The lowest BCUT2D eigenvalue weighted by atomic mass is 9.97. The molecule has 1 saturated heterocycles. The molecule has 0 amide bonds. The first-order valence-electron chi connectivity index (χ1n) is 14.2. The summed E-state index contributed by atoms with van der Waals surface area (Å²) in [5, 5.41) is 39.4. The summed E-state index contributed by atoms with van der Waals surface area (Å²) in [6, 6.07) is 0. The second kappa shape index (κ2) is 22.1. The maximum atomic E-state index is 12.1. The maximum absolute atomic E-state index is 12.1. The van der Waals surface area contributed by atoms with Crippen molar-refractivity contribution in [3.05, 3.63) is 48.6 Å². The number of aliphatic hydroxyl groups is 4. The number of hydrogen-bond donors (Lipinski definition) is 4. The van der Waals surface area contributed by atoms with Crippen LogP contribution in [0.15, 0.2) is 48.6 Å². The third-order valence-electron chi connectivity index (χ3n) is 6.23. The lowest BCUT2D eigenvalue weighted by molar-refractivity contribution is -0.301. The van der Waals surface area contributed by atoms with Crippen molar-refractivity contribution in [3.63, 3.8) is 0 Å². The van der Waals surface area contributed by atoms with Crippen LogP contribution in [-0.2, 0) is 19.0 Å². The summed E-state index contributed by atoms with van der Waals surface area (Å²) in [6.45, 7) is 3.33. The van der Waals surface area contributed by atoms with E-state index in [-0.39, 0.29) is 13.0 Å². The summed E-state index contributed by atoms with van der Waals surface area (Å²) in [5.74, 6) is -0.449. The molecule has 1 fully saturated rings. The molecule has 1 aliphatic rings. The van der Waals surface area contributed by atoms with Crippen LogP contribution in [-0.4, -0.2) is 76.4 Å². The molecule has 0 spiro atoms. The van der Waals surface area contributed by atoms with Crippen LogP contribution < -0.4 is 0 Å². The number of carbonyl (C=O) groups excluding carboxylic acids is 1. The van der Waals surface area contributed by atoms with Gasteiger partial charge in [0.05, 0.1) is 19.3 Å². The molecule has 0 aromatic carbocycles. The maximum Gasteiger partial charge on any atom is 0.306 e. The number of carbonyl (C=O) groups is 1. The molecule has 0 saturated carbocycles. The number of allylic oxidation sites excluding steroid dienone is 8. The van der Waals surface area contributed by atoms with Crippen molar-refractivity contribution in [1.82, 2.24) is 0 Å². The van der Waals surface area contributed by atoms with Gasteiger partial charge >= 0.3 is 5.97 Å². The average Bonchev–Trinajstić information content (AvgIpc) is 2.92. The Morgan fingerprint density at radius 2 is 1.39 bits per heavy atom. The van der Waals surface area contributed by atoms with E-state index in [1.165, 1.54) is 25.7 Å². The summed E-state index contributed by atoms with van der Waals surface area (Å²) in [6.07, 6.45) is 20.1. The molecule has 38 heavy (non-hydrogen) atoms. The van der Waals surface area contributed by atoms with Gasteiger partial charge in [-0.2, -0.15) is 0 Å². The summed E-state index contributed by atoms with van der Waals surface area (Å²) >= 11 is 0. The highest BCUT2D eigenvalue weighted by molar-refractivity contribution is 5.69. The molecule has 0 aromatic rings. The number of aliphatic hydroxyl groups excluding tert-OH is 4. The minimum atomic E-state index is -1.45. The van der Waals surface area contributed by atoms with Gasteiger partial charge in [-0.05, 0) is 51.4 Å². The van der Waals surface area contributed by atoms with Crippen molar-refractivity contribution in [1.29, 1.82) is 0 Å². The fraction of sp³-hybridized carbons (Fsp3) is 0.700. The SMILES string of the molecule is CCCCC/C=C\C/C=C\C/C=C\C/C=C\CCCC(=O)OC(CO)CO[C@@H]1O[C@H](CC)[C@@H](O)[C@H](O)[C@H]1O. The van der Waals surface area contributed by atoms with E-state index in [0.717, 1.165) is 25.7 Å². The zero-order chi connectivity index (χ0) is 28.0. The standard InChI is InChI=1S/C30H50O8/c1-3-5-6-7-8-9-10-11-12-13-14-15-16-17-18-19-20-21-26(32)37-24(22-31)23-36-30-29(35)28(34)27(33)25(4-2)38-30/h8-9,11-12,14-15,17-18,24-25,27-31,33-35H,3-7,10,13,16,19-23H2,1-2H3/b9-8-,12-11-,15-14-,18-17-/t24?,25-,27-,28+,29-,30-/m1/s1. The van der Waals surface area contributed by atoms with E-state index in [9.17, 15) is 25.2 Å². The van der Waals surface area contributed by atoms with E-state index in [4.69, 9.17) is 14.2 Å². The van der Waals surface area contributed by atoms with Gasteiger partial charge in [0.25, 0.3) is 0 Å². The first kappa shape index (κ1) is 34.2. The fourth-order valence-electron chi connectivity index (χ4n) is 3.89. The molecular formula is C30H50O8. The Kier molecular flexibility index (Phi) is 19.9. The van der Waals surface area contributed by atoms with Crippen molar-refractivity contribution in [2.24, 2.45) is 0 Å². The first-order chi connectivity index (χ1) is 18.4. The van der Waals surface area contributed by atoms with Gasteiger partial charge in [0.1, 0.15) is 24.4 Å². The summed E-state index contributed by atoms with van der Waals surface area (Å²) in [7, 11) is 0. The third-order valence-corrected chi connectivity index (χ3v) is 6.23. The van der Waals surface area contributed by atoms with Gasteiger partial charge in [0.15, 0.2) is 6.29 Å². The minimum Gasteiger partial charge on any atom is -0.457 e. The molecule has 0 bridgehead atoms. The van der Waals surface area contributed by atoms with Crippen molar-refractivity contribution >= 4 is 5.97 Å². The Morgan fingerprint density at radius 3 is 1.95 bits per heavy atom. The van der Waals surface area contributed by atoms with E-state index >= 15 is 0 Å². The van der Waals surface area contributed by atoms with Crippen LogP contribution in [0.4, 0.5) is 0 Å². The van der Waals surface area contributed by atoms with Gasteiger partial charge in [-0.1, -0.05) is 75.3 Å². The van der Waals surface area contributed by atoms with E-state index in [1.807, 2.05) is 6.08 Å². The van der Waals surface area contributed by atoms with Gasteiger partial charge in [-0.25, -0.2) is 0 Å². The second-order valence-electron chi connectivity index (χ2n) is 9.53. The average molecular weight is 539 g/mol. The highest BCUT2D eigenvalue weighted by Gasteiger charge is 2.43. The van der Waals surface area contributed by atoms with Crippen LogP contribution in [0.2, 0.25) is 0 Å². The lowest BCUT2D eigenvalue weighted by Gasteiger charge is -2.40. The van der Waals surface area contributed by atoms with Crippen LogP contribution in [0.25, 0.3) is 0 Å². The largest absolute Gasteiger partial charge is 0.457 e. The highest BCUT2D eigenvalue weighted by atomic mass is 16.7. The Labute approximate surface area is 228 Å². The van der Waals surface area contributed by atoms with E-state index in [0.29, 0.717) is 12.8 Å². The van der Waals surface area contributed by atoms with Crippen LogP contribution in [0.3, 0.4) is 0 Å². The van der Waals surface area contributed by atoms with Crippen LogP contribution in [0.1, 0.15) is 84.5 Å². The molecule has 218 valence electrons. The predicted molar refractivity (Wildman–Crippen MR) is 148 cm³/mol. The smallest absolute Gasteiger partial charge is 0.306 e. The van der Waals surface area contributed by atoms with Gasteiger partial charge in [0.2, 0.25) is 0 Å². The van der Waals surface area contributed by atoms with Gasteiger partial charge < -0.3 is 34.6 Å². The van der Waals surface area contributed by atoms with Crippen molar-refractivity contribution in [2.75, 3.05) is 13.2 Å². The molecule has 1 heterocycles. The molecule has 1 unspecified atom stereocenters. The van der Waals surface area contributed by atoms with Crippen molar-refractivity contribution in [3.8, 4) is 0 Å². The molecule has 6 atom stereocenters. The van der Waals surface area contributed by atoms with Crippen LogP contribution >= 0.6 is 0 Å². The molecule has 1 aliphatic heterocycles. The molecular weight excluding hydrogens is 488 g/mol. The zero-order valence-electron chi connectivity index (χ0n) is 23.2. The quantitative estimate of drug-likeness (QED) is 0.103. The molecule has 4 N–H and O–H groups in total. The third kappa shape index (κ3) is 15.0. The van der Waals surface area contributed by atoms with Crippen molar-refractivity contribution in [2.45, 2.75) is 121 Å². The second-order valence-corrected chi connectivity index (χ2v) is 9.53. The number of hydrogen-bond acceptors (Lipinski definition) is 8. The fourth-order valence-corrected chi connectivity index (χ4v) is 3.89. The van der Waals surface area contributed by atoms with Gasteiger partial charge in [-0.3, -0.25) is 4.79 Å². The summed E-state index contributed by atoms with van der Waals surface area (Å²) in [5.41, 5.74) is 0. The number of rotatable bonds is 20. The normalized spacial score (nSPS) is 25.3. The molecule has 8 heteroatoms. The summed E-state index contributed by atoms with van der Waals surface area (Å²) in [4.78, 5) is 12.1. The number of esters is 1. The first-order valence-corrected chi connectivity index (χ1v) is 14.2. The van der Waals surface area contributed by atoms with E-state index in [1.54, 1.807) is 6.92 Å². The minimum absolute atomic E-state index is 0.208. The predicted octanol–water partition coefficient (Wildman–Crippen LogP) is 4.27.